The molecule has 5 heteroatoms. The van der Waals surface area contributed by atoms with E-state index in [0.717, 1.165) is 4.88 Å². The Morgan fingerprint density at radius 1 is 1.35 bits per heavy atom. The third-order valence-corrected chi connectivity index (χ3v) is 4.40. The van der Waals surface area contributed by atoms with Crippen molar-refractivity contribution in [3.63, 3.8) is 0 Å². The molecule has 1 aliphatic rings. The van der Waals surface area contributed by atoms with Gasteiger partial charge in [0.2, 0.25) is 0 Å². The second-order valence-electron chi connectivity index (χ2n) is 4.63. The van der Waals surface area contributed by atoms with E-state index in [4.69, 9.17) is 0 Å². The van der Waals surface area contributed by atoms with Crippen molar-refractivity contribution in [2.24, 2.45) is 11.8 Å². The molecule has 96 valence electrons. The Labute approximate surface area is 102 Å². The summed E-state index contributed by atoms with van der Waals surface area (Å²) >= 11 is 1.40. The molecule has 1 fully saturated rings. The minimum atomic E-state index is -4.12. The first kappa shape index (κ1) is 12.9. The molecular formula is C12H15F3OS. The normalized spacial score (nSPS) is 28.0. The lowest BCUT2D eigenvalue weighted by molar-refractivity contribution is -0.188. The topological polar surface area (TPSA) is 20.2 Å². The Bertz CT molecular complexity index is 347. The summed E-state index contributed by atoms with van der Waals surface area (Å²) in [6.45, 7) is 0. The number of thiophene rings is 1. The molecule has 1 nitrogen and oxygen atoms in total. The van der Waals surface area contributed by atoms with E-state index in [9.17, 15) is 18.3 Å². The lowest BCUT2D eigenvalue weighted by atomic mass is 9.78. The van der Waals surface area contributed by atoms with Crippen molar-refractivity contribution in [2.45, 2.75) is 38.0 Å². The van der Waals surface area contributed by atoms with Crippen LogP contribution in [-0.4, -0.2) is 11.3 Å². The standard InChI is InChI=1S/C12H15F3OS/c13-12(14,15)9-4-1-3-8(7-9)11(16)10-5-2-6-17-10/h2,5-6,8-9,11,16H,1,3-4,7H2. The predicted molar refractivity (Wildman–Crippen MR) is 60.8 cm³/mol. The zero-order valence-corrected chi connectivity index (χ0v) is 10.1. The molecule has 1 saturated carbocycles. The van der Waals surface area contributed by atoms with Crippen LogP contribution < -0.4 is 0 Å². The Hall–Kier alpha value is -0.550. The summed E-state index contributed by atoms with van der Waals surface area (Å²) in [7, 11) is 0. The zero-order chi connectivity index (χ0) is 12.5. The van der Waals surface area contributed by atoms with Gasteiger partial charge in [-0.15, -0.1) is 11.3 Å². The van der Waals surface area contributed by atoms with Crippen LogP contribution >= 0.6 is 11.3 Å². The van der Waals surface area contributed by atoms with Gasteiger partial charge in [0.25, 0.3) is 0 Å². The Morgan fingerprint density at radius 2 is 2.12 bits per heavy atom. The highest BCUT2D eigenvalue weighted by Gasteiger charge is 2.43. The fraction of sp³-hybridized carbons (Fsp3) is 0.667. The third-order valence-electron chi connectivity index (χ3n) is 3.46. The van der Waals surface area contributed by atoms with Gasteiger partial charge in [-0.05, 0) is 36.6 Å². The summed E-state index contributed by atoms with van der Waals surface area (Å²) < 4.78 is 37.9. The van der Waals surface area contributed by atoms with Gasteiger partial charge in [-0.1, -0.05) is 12.5 Å². The van der Waals surface area contributed by atoms with Crippen LogP contribution in [0.25, 0.3) is 0 Å². The molecule has 3 unspecified atom stereocenters. The van der Waals surface area contributed by atoms with E-state index >= 15 is 0 Å². The number of alkyl halides is 3. The van der Waals surface area contributed by atoms with Crippen LogP contribution in [0.4, 0.5) is 13.2 Å². The molecule has 3 atom stereocenters. The van der Waals surface area contributed by atoms with Gasteiger partial charge in [-0.2, -0.15) is 13.2 Å². The minimum Gasteiger partial charge on any atom is -0.387 e. The van der Waals surface area contributed by atoms with Crippen molar-refractivity contribution < 1.29 is 18.3 Å². The van der Waals surface area contributed by atoms with Crippen LogP contribution in [0, 0.1) is 11.8 Å². The maximum absolute atomic E-state index is 12.6. The first-order valence-electron chi connectivity index (χ1n) is 5.76. The van der Waals surface area contributed by atoms with Crippen molar-refractivity contribution in [1.82, 2.24) is 0 Å². The molecule has 1 aliphatic carbocycles. The van der Waals surface area contributed by atoms with Crippen LogP contribution in [-0.2, 0) is 0 Å². The molecule has 1 aromatic heterocycles. The summed E-state index contributed by atoms with van der Waals surface area (Å²) in [6.07, 6.45) is -3.35. The van der Waals surface area contributed by atoms with Crippen molar-refractivity contribution >= 4 is 11.3 Å². The van der Waals surface area contributed by atoms with Gasteiger partial charge >= 0.3 is 6.18 Å². The summed E-state index contributed by atoms with van der Waals surface area (Å²) in [5.41, 5.74) is 0. The molecular weight excluding hydrogens is 249 g/mol. The smallest absolute Gasteiger partial charge is 0.387 e. The SMILES string of the molecule is OC(c1cccs1)C1CCCC(C(F)(F)F)C1. The molecule has 17 heavy (non-hydrogen) atoms. The number of aliphatic hydroxyl groups excluding tert-OH is 1. The molecule has 0 radical (unpaired) electrons. The number of hydrogen-bond acceptors (Lipinski definition) is 2. The van der Waals surface area contributed by atoms with Gasteiger partial charge in [0.1, 0.15) is 0 Å². The fourth-order valence-corrected chi connectivity index (χ4v) is 3.31. The lowest BCUT2D eigenvalue weighted by Crippen LogP contribution is -2.30. The van der Waals surface area contributed by atoms with E-state index in [0.29, 0.717) is 12.8 Å². The second-order valence-corrected chi connectivity index (χ2v) is 5.60. The fourth-order valence-electron chi connectivity index (χ4n) is 2.50. The lowest BCUT2D eigenvalue weighted by Gasteiger charge is -2.32. The monoisotopic (exact) mass is 264 g/mol. The molecule has 1 heterocycles. The highest BCUT2D eigenvalue weighted by atomic mass is 32.1. The van der Waals surface area contributed by atoms with Gasteiger partial charge in [0.15, 0.2) is 0 Å². The largest absolute Gasteiger partial charge is 0.391 e. The Balaban J connectivity index is 2.02. The van der Waals surface area contributed by atoms with Gasteiger partial charge < -0.3 is 5.11 Å². The summed E-state index contributed by atoms with van der Waals surface area (Å²) in [5, 5.41) is 11.9. The number of hydrogen-bond donors (Lipinski definition) is 1. The minimum absolute atomic E-state index is 0.0581. The molecule has 0 spiro atoms. The average molecular weight is 264 g/mol. The first-order valence-corrected chi connectivity index (χ1v) is 6.64. The number of aliphatic hydroxyl groups is 1. The van der Waals surface area contributed by atoms with E-state index in [1.807, 2.05) is 11.4 Å². The molecule has 0 saturated heterocycles. The van der Waals surface area contributed by atoms with E-state index in [1.54, 1.807) is 6.07 Å². The molecule has 0 amide bonds. The maximum atomic E-state index is 12.6. The Kier molecular flexibility index (Phi) is 3.78. The highest BCUT2D eigenvalue weighted by Crippen LogP contribution is 2.44. The van der Waals surface area contributed by atoms with Crippen LogP contribution in [0.2, 0.25) is 0 Å². The quantitative estimate of drug-likeness (QED) is 0.850. The molecule has 1 N–H and O–H groups in total. The van der Waals surface area contributed by atoms with E-state index in [1.165, 1.54) is 11.3 Å². The molecule has 0 bridgehead atoms. The van der Waals surface area contributed by atoms with Crippen LogP contribution in [0.3, 0.4) is 0 Å². The Morgan fingerprint density at radius 3 is 2.71 bits per heavy atom. The molecule has 2 rings (SSSR count). The molecule has 0 aromatic carbocycles. The second kappa shape index (κ2) is 4.98. The number of rotatable bonds is 2. The van der Waals surface area contributed by atoms with Crippen molar-refractivity contribution in [3.8, 4) is 0 Å². The van der Waals surface area contributed by atoms with Gasteiger partial charge in [-0.25, -0.2) is 0 Å². The van der Waals surface area contributed by atoms with Gasteiger partial charge in [-0.3, -0.25) is 0 Å². The summed E-state index contributed by atoms with van der Waals surface area (Å²) in [4.78, 5) is 0.776. The summed E-state index contributed by atoms with van der Waals surface area (Å²) in [5.74, 6) is -1.50. The summed E-state index contributed by atoms with van der Waals surface area (Å²) in [6, 6.07) is 3.60. The third kappa shape index (κ3) is 3.01. The van der Waals surface area contributed by atoms with E-state index in [2.05, 4.69) is 0 Å². The predicted octanol–water partition coefficient (Wildman–Crippen LogP) is 4.15. The van der Waals surface area contributed by atoms with E-state index in [-0.39, 0.29) is 18.8 Å². The zero-order valence-electron chi connectivity index (χ0n) is 9.28. The van der Waals surface area contributed by atoms with Crippen LogP contribution in [0.5, 0.6) is 0 Å². The van der Waals surface area contributed by atoms with Crippen molar-refractivity contribution in [3.05, 3.63) is 22.4 Å². The first-order chi connectivity index (χ1) is 7.98. The van der Waals surface area contributed by atoms with Crippen molar-refractivity contribution in [2.75, 3.05) is 0 Å². The van der Waals surface area contributed by atoms with Crippen molar-refractivity contribution in [1.29, 1.82) is 0 Å². The molecule has 0 aliphatic heterocycles. The average Bonchev–Trinajstić information content (AvgIpc) is 2.80. The van der Waals surface area contributed by atoms with Crippen LogP contribution in [0.15, 0.2) is 17.5 Å². The van der Waals surface area contributed by atoms with E-state index < -0.39 is 18.2 Å². The molecule has 1 aromatic rings. The highest BCUT2D eigenvalue weighted by molar-refractivity contribution is 7.10. The number of halogens is 3. The van der Waals surface area contributed by atoms with Gasteiger partial charge in [0.05, 0.1) is 12.0 Å². The van der Waals surface area contributed by atoms with Crippen LogP contribution in [0.1, 0.15) is 36.7 Å². The van der Waals surface area contributed by atoms with Gasteiger partial charge in [0, 0.05) is 4.88 Å². The maximum Gasteiger partial charge on any atom is 0.391 e.